The summed E-state index contributed by atoms with van der Waals surface area (Å²) in [6, 6.07) is 1.90. The van der Waals surface area contributed by atoms with E-state index >= 15 is 0 Å². The highest BCUT2D eigenvalue weighted by Crippen LogP contribution is 2.06. The van der Waals surface area contributed by atoms with Gasteiger partial charge in [-0.05, 0) is 20.8 Å². The summed E-state index contributed by atoms with van der Waals surface area (Å²) in [5.74, 6) is -0.427. The van der Waals surface area contributed by atoms with Crippen molar-refractivity contribution in [2.75, 3.05) is 5.75 Å². The maximum Gasteiger partial charge on any atom is 0.153 e. The molecule has 0 aromatic heterocycles. The van der Waals surface area contributed by atoms with Crippen LogP contribution < -0.4 is 0 Å². The number of sulfone groups is 1. The summed E-state index contributed by atoms with van der Waals surface area (Å²) < 4.78 is 22.3. The predicted molar refractivity (Wildman–Crippen MR) is 43.7 cm³/mol. The van der Waals surface area contributed by atoms with Crippen molar-refractivity contribution in [3.8, 4) is 6.07 Å². The summed E-state index contributed by atoms with van der Waals surface area (Å²) in [5, 5.41) is 7.99. The monoisotopic (exact) mass is 175 g/mol. The molecule has 0 aromatic carbocycles. The van der Waals surface area contributed by atoms with Crippen LogP contribution in [0.5, 0.6) is 0 Å². The molecular formula is C7H13NO2S. The van der Waals surface area contributed by atoms with E-state index in [-0.39, 0.29) is 11.0 Å². The van der Waals surface area contributed by atoms with Crippen molar-refractivity contribution in [1.82, 2.24) is 0 Å². The van der Waals surface area contributed by atoms with Crippen LogP contribution in [0.2, 0.25) is 0 Å². The molecule has 0 fully saturated rings. The van der Waals surface area contributed by atoms with E-state index in [9.17, 15) is 8.42 Å². The number of rotatable bonds is 3. The third kappa shape index (κ3) is 3.38. The second-order valence-corrected chi connectivity index (χ2v) is 5.51. The average Bonchev–Trinajstić information content (AvgIpc) is 1.86. The number of hydrogen-bond donors (Lipinski definition) is 0. The van der Waals surface area contributed by atoms with Crippen LogP contribution in [0.1, 0.15) is 20.8 Å². The Balaban J connectivity index is 4.29. The van der Waals surface area contributed by atoms with E-state index in [0.717, 1.165) is 0 Å². The lowest BCUT2D eigenvalue weighted by molar-refractivity contribution is 0.580. The molecule has 1 unspecified atom stereocenters. The molecule has 0 amide bonds. The first kappa shape index (κ1) is 10.4. The normalized spacial score (nSPS) is 14.5. The van der Waals surface area contributed by atoms with Gasteiger partial charge in [0.1, 0.15) is 0 Å². The summed E-state index contributed by atoms with van der Waals surface area (Å²) in [6.07, 6.45) is 0. The first-order valence-electron chi connectivity index (χ1n) is 3.51. The Morgan fingerprint density at radius 1 is 1.36 bits per heavy atom. The lowest BCUT2D eigenvalue weighted by Gasteiger charge is -2.07. The molecule has 0 aliphatic heterocycles. The van der Waals surface area contributed by atoms with Crippen LogP contribution in [0.25, 0.3) is 0 Å². The summed E-state index contributed by atoms with van der Waals surface area (Å²) in [4.78, 5) is 0. The SMILES string of the molecule is CC(C#N)CS(=O)(=O)C(C)C. The van der Waals surface area contributed by atoms with E-state index in [2.05, 4.69) is 0 Å². The Hall–Kier alpha value is -0.560. The molecule has 0 N–H and O–H groups in total. The maximum atomic E-state index is 11.1. The van der Waals surface area contributed by atoms with E-state index in [4.69, 9.17) is 5.26 Å². The molecule has 11 heavy (non-hydrogen) atoms. The van der Waals surface area contributed by atoms with Crippen molar-refractivity contribution in [1.29, 1.82) is 5.26 Å². The van der Waals surface area contributed by atoms with Crippen molar-refractivity contribution >= 4 is 9.84 Å². The molecule has 1 atom stereocenters. The third-order valence-corrected chi connectivity index (χ3v) is 3.82. The van der Waals surface area contributed by atoms with Crippen LogP contribution in [0.15, 0.2) is 0 Å². The largest absolute Gasteiger partial charge is 0.229 e. The number of hydrogen-bond acceptors (Lipinski definition) is 3. The van der Waals surface area contributed by atoms with Crippen LogP contribution in [0.3, 0.4) is 0 Å². The molecule has 0 saturated carbocycles. The summed E-state index contributed by atoms with van der Waals surface area (Å²) in [6.45, 7) is 4.86. The Kier molecular flexibility index (Phi) is 3.53. The van der Waals surface area contributed by atoms with Crippen molar-refractivity contribution in [3.63, 3.8) is 0 Å². The molecule has 64 valence electrons. The van der Waals surface area contributed by atoms with Crippen molar-refractivity contribution in [3.05, 3.63) is 0 Å². The molecule has 0 heterocycles. The van der Waals surface area contributed by atoms with Gasteiger partial charge in [-0.1, -0.05) is 0 Å². The second kappa shape index (κ2) is 3.72. The van der Waals surface area contributed by atoms with E-state index < -0.39 is 15.8 Å². The van der Waals surface area contributed by atoms with Crippen LogP contribution in [0, 0.1) is 17.2 Å². The first-order chi connectivity index (χ1) is 4.90. The molecule has 0 aliphatic rings. The standard InChI is InChI=1S/C7H13NO2S/c1-6(2)11(9,10)5-7(3)4-8/h6-7H,5H2,1-3H3. The zero-order chi connectivity index (χ0) is 9.07. The minimum absolute atomic E-state index is 0.0266. The van der Waals surface area contributed by atoms with E-state index in [1.165, 1.54) is 0 Å². The molecule has 0 saturated heterocycles. The minimum atomic E-state index is -3.03. The first-order valence-corrected chi connectivity index (χ1v) is 5.23. The van der Waals surface area contributed by atoms with Gasteiger partial charge in [-0.3, -0.25) is 0 Å². The Morgan fingerprint density at radius 3 is 2.09 bits per heavy atom. The molecule has 0 aliphatic carbocycles. The molecular weight excluding hydrogens is 162 g/mol. The highest BCUT2D eigenvalue weighted by molar-refractivity contribution is 7.91. The summed E-state index contributed by atoms with van der Waals surface area (Å²) >= 11 is 0. The van der Waals surface area contributed by atoms with Gasteiger partial charge in [-0.25, -0.2) is 8.42 Å². The van der Waals surface area contributed by atoms with Gasteiger partial charge in [0.25, 0.3) is 0 Å². The molecule has 0 radical (unpaired) electrons. The molecule has 0 spiro atoms. The molecule has 0 bridgehead atoms. The molecule has 3 nitrogen and oxygen atoms in total. The lowest BCUT2D eigenvalue weighted by Crippen LogP contribution is -2.21. The third-order valence-electron chi connectivity index (χ3n) is 1.42. The van der Waals surface area contributed by atoms with Gasteiger partial charge in [0.2, 0.25) is 0 Å². The summed E-state index contributed by atoms with van der Waals surface area (Å²) in [5.41, 5.74) is 0. The zero-order valence-electron chi connectivity index (χ0n) is 7.03. The van der Waals surface area contributed by atoms with Crippen molar-refractivity contribution in [2.45, 2.75) is 26.0 Å². The Morgan fingerprint density at radius 2 is 1.82 bits per heavy atom. The smallest absolute Gasteiger partial charge is 0.153 e. The highest BCUT2D eigenvalue weighted by atomic mass is 32.2. The van der Waals surface area contributed by atoms with Crippen molar-refractivity contribution < 1.29 is 8.42 Å². The summed E-state index contributed by atoms with van der Waals surface area (Å²) in [7, 11) is -3.03. The van der Waals surface area contributed by atoms with Crippen LogP contribution >= 0.6 is 0 Å². The highest BCUT2D eigenvalue weighted by Gasteiger charge is 2.18. The van der Waals surface area contributed by atoms with Gasteiger partial charge in [0, 0.05) is 0 Å². The number of nitriles is 1. The number of nitrogens with zero attached hydrogens (tertiary/aromatic N) is 1. The van der Waals surface area contributed by atoms with Gasteiger partial charge < -0.3 is 0 Å². The fourth-order valence-corrected chi connectivity index (χ4v) is 1.73. The van der Waals surface area contributed by atoms with Gasteiger partial charge in [0.05, 0.1) is 23.0 Å². The topological polar surface area (TPSA) is 57.9 Å². The Bertz CT molecular complexity index is 248. The fraction of sp³-hybridized carbons (Fsp3) is 0.857. The zero-order valence-corrected chi connectivity index (χ0v) is 7.85. The second-order valence-electron chi connectivity index (χ2n) is 2.91. The lowest BCUT2D eigenvalue weighted by atomic mass is 10.3. The van der Waals surface area contributed by atoms with Gasteiger partial charge in [0.15, 0.2) is 9.84 Å². The molecule has 0 aromatic rings. The molecule has 4 heteroatoms. The van der Waals surface area contributed by atoms with Gasteiger partial charge in [-0.2, -0.15) is 5.26 Å². The maximum absolute atomic E-state index is 11.1. The van der Waals surface area contributed by atoms with Crippen LogP contribution in [0.4, 0.5) is 0 Å². The fourth-order valence-electron chi connectivity index (χ4n) is 0.578. The van der Waals surface area contributed by atoms with Crippen molar-refractivity contribution in [2.24, 2.45) is 5.92 Å². The molecule has 0 rings (SSSR count). The average molecular weight is 175 g/mol. The predicted octanol–water partition coefficient (Wildman–Crippen LogP) is 0.969. The van der Waals surface area contributed by atoms with E-state index in [1.807, 2.05) is 6.07 Å². The van der Waals surface area contributed by atoms with Gasteiger partial charge in [-0.15, -0.1) is 0 Å². The minimum Gasteiger partial charge on any atom is -0.229 e. The van der Waals surface area contributed by atoms with Crippen LogP contribution in [-0.4, -0.2) is 19.4 Å². The van der Waals surface area contributed by atoms with E-state index in [1.54, 1.807) is 20.8 Å². The quantitative estimate of drug-likeness (QED) is 0.642. The Labute approximate surface area is 67.9 Å². The van der Waals surface area contributed by atoms with E-state index in [0.29, 0.717) is 0 Å². The van der Waals surface area contributed by atoms with Crippen LogP contribution in [-0.2, 0) is 9.84 Å². The van der Waals surface area contributed by atoms with Gasteiger partial charge >= 0.3 is 0 Å².